The number of pyridine rings is 1. The van der Waals surface area contributed by atoms with E-state index in [1.54, 1.807) is 6.20 Å². The Hall–Kier alpha value is -0.940. The highest BCUT2D eigenvalue weighted by molar-refractivity contribution is 9.10. The zero-order valence-electron chi connectivity index (χ0n) is 10.2. The molecule has 2 aromatic rings. The molecule has 4 nitrogen and oxygen atoms in total. The van der Waals surface area contributed by atoms with E-state index in [1.165, 1.54) is 25.8 Å². The van der Waals surface area contributed by atoms with Gasteiger partial charge in [-0.05, 0) is 47.8 Å². The maximum atomic E-state index is 4.52. The zero-order chi connectivity index (χ0) is 12.4. The molecule has 5 heteroatoms. The van der Waals surface area contributed by atoms with Gasteiger partial charge in [-0.15, -0.1) is 0 Å². The minimum absolute atomic E-state index is 0.659. The number of aryl methyl sites for hydroxylation is 1. The van der Waals surface area contributed by atoms with Crippen molar-refractivity contribution in [3.63, 3.8) is 0 Å². The maximum Gasteiger partial charge on any atom is 0.177 e. The van der Waals surface area contributed by atoms with Crippen LogP contribution in [-0.4, -0.2) is 27.5 Å². The Kier molecular flexibility index (Phi) is 3.61. The molecule has 0 aromatic carbocycles. The van der Waals surface area contributed by atoms with Gasteiger partial charge < -0.3 is 10.3 Å². The second-order valence-corrected chi connectivity index (χ2v) is 5.81. The van der Waals surface area contributed by atoms with E-state index in [9.17, 15) is 0 Å². The number of nitrogens with zero attached hydrogens (tertiary/aromatic N) is 2. The van der Waals surface area contributed by atoms with Gasteiger partial charge in [-0.3, -0.25) is 0 Å². The standard InChI is InChI=1S/C13H17BrN4/c14-9-7-11-13(16-8-9)18-12(17-11)5-4-10-3-1-2-6-15-10/h7-8,10,15H,1-6H2,(H,16,17,18). The molecule has 2 N–H and O–H groups in total. The van der Waals surface area contributed by atoms with Crippen LogP contribution in [0.1, 0.15) is 31.5 Å². The lowest BCUT2D eigenvalue weighted by Gasteiger charge is -2.22. The normalized spacial score (nSPS) is 20.4. The second-order valence-electron chi connectivity index (χ2n) is 4.89. The van der Waals surface area contributed by atoms with Gasteiger partial charge in [0.15, 0.2) is 5.65 Å². The fraction of sp³-hybridized carbons (Fsp3) is 0.538. The molecule has 1 aliphatic heterocycles. The number of hydrogen-bond donors (Lipinski definition) is 2. The minimum atomic E-state index is 0.659. The Labute approximate surface area is 115 Å². The van der Waals surface area contributed by atoms with Crippen LogP contribution in [0.15, 0.2) is 16.7 Å². The van der Waals surface area contributed by atoms with Crippen molar-refractivity contribution in [1.82, 2.24) is 20.3 Å². The van der Waals surface area contributed by atoms with Crippen LogP contribution in [0.4, 0.5) is 0 Å². The van der Waals surface area contributed by atoms with Crippen molar-refractivity contribution in [3.05, 3.63) is 22.6 Å². The number of nitrogens with one attached hydrogen (secondary N) is 2. The topological polar surface area (TPSA) is 53.6 Å². The second kappa shape index (κ2) is 5.36. The SMILES string of the molecule is Brc1cnc2nc(CCC3CCCCN3)[nH]c2c1. The lowest BCUT2D eigenvalue weighted by Crippen LogP contribution is -2.34. The van der Waals surface area contributed by atoms with Crippen LogP contribution in [0.5, 0.6) is 0 Å². The quantitative estimate of drug-likeness (QED) is 0.916. The molecule has 1 atom stereocenters. The molecule has 1 aliphatic rings. The van der Waals surface area contributed by atoms with Crippen LogP contribution in [0.3, 0.4) is 0 Å². The summed E-state index contributed by atoms with van der Waals surface area (Å²) < 4.78 is 0.985. The van der Waals surface area contributed by atoms with E-state index in [-0.39, 0.29) is 0 Å². The summed E-state index contributed by atoms with van der Waals surface area (Å²) in [4.78, 5) is 12.2. The summed E-state index contributed by atoms with van der Waals surface area (Å²) in [6.45, 7) is 1.17. The van der Waals surface area contributed by atoms with Gasteiger partial charge >= 0.3 is 0 Å². The molecule has 1 unspecified atom stereocenters. The van der Waals surface area contributed by atoms with Crippen LogP contribution in [0, 0.1) is 0 Å². The third kappa shape index (κ3) is 2.72. The summed E-state index contributed by atoms with van der Waals surface area (Å²) in [5.74, 6) is 1.04. The molecule has 3 rings (SSSR count). The van der Waals surface area contributed by atoms with E-state index < -0.39 is 0 Å². The highest BCUT2D eigenvalue weighted by atomic mass is 79.9. The van der Waals surface area contributed by atoms with Gasteiger partial charge in [0.2, 0.25) is 0 Å². The Morgan fingerprint density at radius 2 is 2.33 bits per heavy atom. The summed E-state index contributed by atoms with van der Waals surface area (Å²) in [5.41, 5.74) is 1.82. The molecular formula is C13H17BrN4. The molecule has 0 amide bonds. The first-order valence-electron chi connectivity index (χ1n) is 6.55. The monoisotopic (exact) mass is 308 g/mol. The molecule has 0 aliphatic carbocycles. The Morgan fingerprint density at radius 3 is 3.17 bits per heavy atom. The number of aromatic nitrogens is 3. The number of aromatic amines is 1. The third-order valence-corrected chi connectivity index (χ3v) is 3.93. The van der Waals surface area contributed by atoms with E-state index in [4.69, 9.17) is 0 Å². The number of H-pyrrole nitrogens is 1. The Bertz CT molecular complexity index is 531. The molecule has 0 radical (unpaired) electrons. The van der Waals surface area contributed by atoms with Crippen molar-refractivity contribution in [2.24, 2.45) is 0 Å². The molecule has 0 spiro atoms. The van der Waals surface area contributed by atoms with Crippen LogP contribution < -0.4 is 5.32 Å². The molecule has 0 bridgehead atoms. The van der Waals surface area contributed by atoms with E-state index >= 15 is 0 Å². The molecular weight excluding hydrogens is 292 g/mol. The summed E-state index contributed by atoms with van der Waals surface area (Å²) in [7, 11) is 0. The van der Waals surface area contributed by atoms with Crippen molar-refractivity contribution < 1.29 is 0 Å². The van der Waals surface area contributed by atoms with Gasteiger partial charge in [0.1, 0.15) is 5.82 Å². The van der Waals surface area contributed by atoms with Gasteiger partial charge in [0.25, 0.3) is 0 Å². The first-order chi connectivity index (χ1) is 8.81. The van der Waals surface area contributed by atoms with Crippen molar-refractivity contribution in [2.75, 3.05) is 6.54 Å². The largest absolute Gasteiger partial charge is 0.341 e. The van der Waals surface area contributed by atoms with E-state index in [1.807, 2.05) is 6.07 Å². The van der Waals surface area contributed by atoms with E-state index in [0.29, 0.717) is 6.04 Å². The fourth-order valence-electron chi connectivity index (χ4n) is 2.52. The number of halogens is 1. The lowest BCUT2D eigenvalue weighted by molar-refractivity contribution is 0.381. The molecule has 96 valence electrons. The molecule has 3 heterocycles. The summed E-state index contributed by atoms with van der Waals surface area (Å²) >= 11 is 3.42. The van der Waals surface area contributed by atoms with Crippen LogP contribution in [0.2, 0.25) is 0 Å². The van der Waals surface area contributed by atoms with Gasteiger partial charge in [-0.2, -0.15) is 0 Å². The number of fused-ring (bicyclic) bond motifs is 1. The molecule has 2 aromatic heterocycles. The van der Waals surface area contributed by atoms with Crippen LogP contribution in [-0.2, 0) is 6.42 Å². The highest BCUT2D eigenvalue weighted by Gasteiger charge is 2.13. The van der Waals surface area contributed by atoms with Crippen molar-refractivity contribution >= 4 is 27.1 Å². The highest BCUT2D eigenvalue weighted by Crippen LogP contribution is 2.17. The predicted octanol–water partition coefficient (Wildman–Crippen LogP) is 2.80. The average Bonchev–Trinajstić information content (AvgIpc) is 2.79. The van der Waals surface area contributed by atoms with Gasteiger partial charge in [0, 0.05) is 23.1 Å². The van der Waals surface area contributed by atoms with Gasteiger partial charge in [0.05, 0.1) is 5.52 Å². The summed E-state index contributed by atoms with van der Waals surface area (Å²) in [5, 5.41) is 3.57. The molecule has 0 saturated carbocycles. The molecule has 1 fully saturated rings. The first-order valence-corrected chi connectivity index (χ1v) is 7.34. The number of imidazole rings is 1. The van der Waals surface area contributed by atoms with Gasteiger partial charge in [-0.25, -0.2) is 9.97 Å². The fourth-order valence-corrected chi connectivity index (χ4v) is 2.86. The first kappa shape index (κ1) is 12.1. The Balaban J connectivity index is 1.67. The molecule has 18 heavy (non-hydrogen) atoms. The number of hydrogen-bond acceptors (Lipinski definition) is 3. The van der Waals surface area contributed by atoms with Crippen LogP contribution >= 0.6 is 15.9 Å². The van der Waals surface area contributed by atoms with Crippen LogP contribution in [0.25, 0.3) is 11.2 Å². The number of rotatable bonds is 3. The molecule has 1 saturated heterocycles. The van der Waals surface area contributed by atoms with E-state index in [0.717, 1.165) is 34.3 Å². The minimum Gasteiger partial charge on any atom is -0.341 e. The maximum absolute atomic E-state index is 4.52. The average molecular weight is 309 g/mol. The third-order valence-electron chi connectivity index (χ3n) is 3.50. The lowest BCUT2D eigenvalue weighted by atomic mass is 10.0. The zero-order valence-corrected chi connectivity index (χ0v) is 11.8. The number of piperidine rings is 1. The smallest absolute Gasteiger partial charge is 0.177 e. The predicted molar refractivity (Wildman–Crippen MR) is 75.6 cm³/mol. The van der Waals surface area contributed by atoms with Gasteiger partial charge in [-0.1, -0.05) is 6.42 Å². The summed E-state index contributed by atoms with van der Waals surface area (Å²) in [6, 6.07) is 2.68. The van der Waals surface area contributed by atoms with Crippen molar-refractivity contribution in [2.45, 2.75) is 38.1 Å². The van der Waals surface area contributed by atoms with E-state index in [2.05, 4.69) is 36.2 Å². The summed E-state index contributed by atoms with van der Waals surface area (Å²) in [6.07, 6.45) is 7.90. The van der Waals surface area contributed by atoms with Crippen molar-refractivity contribution in [1.29, 1.82) is 0 Å². The van der Waals surface area contributed by atoms with Crippen molar-refractivity contribution in [3.8, 4) is 0 Å². The Morgan fingerprint density at radius 1 is 1.39 bits per heavy atom.